The van der Waals surface area contributed by atoms with Gasteiger partial charge in [0.25, 0.3) is 0 Å². The molecule has 0 aliphatic rings. The summed E-state index contributed by atoms with van der Waals surface area (Å²) < 4.78 is -0.556. The zero-order chi connectivity index (χ0) is 12.3. The second-order valence-electron chi connectivity index (χ2n) is 3.90. The number of hydrogen-bond donors (Lipinski definition) is 0. The van der Waals surface area contributed by atoms with Crippen molar-refractivity contribution in [1.82, 2.24) is 0 Å². The van der Waals surface area contributed by atoms with Gasteiger partial charge < -0.3 is 0 Å². The van der Waals surface area contributed by atoms with Gasteiger partial charge in [-0.25, -0.2) is 4.85 Å². The summed E-state index contributed by atoms with van der Waals surface area (Å²) in [7, 11) is 0. The lowest BCUT2D eigenvalue weighted by Crippen LogP contribution is -2.27. The maximum atomic E-state index is 12.0. The van der Waals surface area contributed by atoms with E-state index in [0.717, 1.165) is 5.56 Å². The number of rotatable bonds is 3. The molecule has 0 aromatic heterocycles. The van der Waals surface area contributed by atoms with Gasteiger partial charge in [0.15, 0.2) is 11.5 Å². The van der Waals surface area contributed by atoms with Gasteiger partial charge in [-0.2, -0.15) is 0 Å². The van der Waals surface area contributed by atoms with Gasteiger partial charge in [-0.05, 0) is 19.4 Å². The summed E-state index contributed by atoms with van der Waals surface area (Å²) in [4.78, 5) is 14.9. The third kappa shape index (κ3) is 3.16. The molecule has 16 heavy (non-hydrogen) atoms. The number of alkyl halides is 2. The van der Waals surface area contributed by atoms with Crippen LogP contribution in [0.15, 0.2) is 24.3 Å². The number of benzene rings is 1. The molecule has 0 bridgehead atoms. The van der Waals surface area contributed by atoms with Crippen LogP contribution in [0.3, 0.4) is 0 Å². The predicted molar refractivity (Wildman–Crippen MR) is 72.4 cm³/mol. The standard InChI is InChI=1S/C12H11Br2NO/c1-12(2,14)11(16)10(13)8-4-6-9(15-3)7-5-8/h4-7,10H,1-2H3. The molecule has 0 heterocycles. The molecule has 0 spiro atoms. The highest BCUT2D eigenvalue weighted by Gasteiger charge is 2.30. The van der Waals surface area contributed by atoms with Crippen LogP contribution in [0.2, 0.25) is 0 Å². The smallest absolute Gasteiger partial charge is 0.187 e. The van der Waals surface area contributed by atoms with Crippen molar-refractivity contribution in [3.05, 3.63) is 41.2 Å². The molecule has 2 nitrogen and oxygen atoms in total. The first-order chi connectivity index (χ1) is 7.36. The molecule has 0 saturated carbocycles. The summed E-state index contributed by atoms with van der Waals surface area (Å²) in [6.45, 7) is 10.5. The van der Waals surface area contributed by atoms with Gasteiger partial charge in [-0.3, -0.25) is 4.79 Å². The summed E-state index contributed by atoms with van der Waals surface area (Å²) in [6.07, 6.45) is 0. The van der Waals surface area contributed by atoms with Crippen LogP contribution in [-0.2, 0) is 4.79 Å². The topological polar surface area (TPSA) is 21.4 Å². The third-order valence-electron chi connectivity index (χ3n) is 2.13. The van der Waals surface area contributed by atoms with E-state index in [9.17, 15) is 4.79 Å². The zero-order valence-corrected chi connectivity index (χ0v) is 12.2. The quantitative estimate of drug-likeness (QED) is 0.587. The van der Waals surface area contributed by atoms with Gasteiger partial charge in [0.1, 0.15) is 0 Å². The van der Waals surface area contributed by atoms with E-state index in [4.69, 9.17) is 6.57 Å². The molecule has 0 fully saturated rings. The van der Waals surface area contributed by atoms with Crippen LogP contribution in [0.4, 0.5) is 5.69 Å². The Morgan fingerprint density at radius 1 is 1.38 bits per heavy atom. The first-order valence-electron chi connectivity index (χ1n) is 4.71. The molecule has 1 unspecified atom stereocenters. The van der Waals surface area contributed by atoms with E-state index in [1.807, 2.05) is 13.8 Å². The van der Waals surface area contributed by atoms with Crippen molar-refractivity contribution in [3.8, 4) is 0 Å². The van der Waals surface area contributed by atoms with Crippen molar-refractivity contribution >= 4 is 43.3 Å². The molecule has 0 radical (unpaired) electrons. The van der Waals surface area contributed by atoms with Gasteiger partial charge in [0, 0.05) is 0 Å². The van der Waals surface area contributed by atoms with E-state index in [1.165, 1.54) is 0 Å². The molecular formula is C12H11Br2NO. The third-order valence-corrected chi connectivity index (χ3v) is 3.47. The maximum absolute atomic E-state index is 12.0. The Kier molecular flexibility index (Phi) is 4.28. The Hall–Kier alpha value is -0.660. The van der Waals surface area contributed by atoms with Crippen LogP contribution in [0.1, 0.15) is 24.2 Å². The Morgan fingerprint density at radius 3 is 2.25 bits per heavy atom. The highest BCUT2D eigenvalue weighted by Crippen LogP contribution is 2.32. The molecule has 4 heteroatoms. The Balaban J connectivity index is 2.94. The zero-order valence-electron chi connectivity index (χ0n) is 9.00. The average molecular weight is 345 g/mol. The van der Waals surface area contributed by atoms with Gasteiger partial charge in [0.05, 0.1) is 15.7 Å². The highest BCUT2D eigenvalue weighted by atomic mass is 79.9. The lowest BCUT2D eigenvalue weighted by Gasteiger charge is -2.19. The molecule has 0 aliphatic carbocycles. The molecule has 0 aliphatic heterocycles. The second-order valence-corrected chi connectivity index (χ2v) is 6.80. The first kappa shape index (κ1) is 13.4. The fourth-order valence-corrected chi connectivity index (χ4v) is 2.58. The van der Waals surface area contributed by atoms with Gasteiger partial charge in [-0.15, -0.1) is 0 Å². The normalized spacial score (nSPS) is 12.9. The van der Waals surface area contributed by atoms with E-state index >= 15 is 0 Å². The summed E-state index contributed by atoms with van der Waals surface area (Å²) in [5, 5.41) is 0. The number of Topliss-reactive ketones (excluding diaryl/α,β-unsaturated/α-hetero) is 1. The molecule has 0 N–H and O–H groups in total. The van der Waals surface area contributed by atoms with Crippen LogP contribution in [0, 0.1) is 6.57 Å². The number of ketones is 1. The molecule has 1 aromatic rings. The minimum Gasteiger partial charge on any atom is -0.296 e. The van der Waals surface area contributed by atoms with Crippen molar-refractivity contribution in [2.24, 2.45) is 0 Å². The van der Waals surface area contributed by atoms with Crippen molar-refractivity contribution in [1.29, 1.82) is 0 Å². The van der Waals surface area contributed by atoms with E-state index < -0.39 is 4.32 Å². The molecule has 0 amide bonds. The average Bonchev–Trinajstić information content (AvgIpc) is 2.26. The number of carbonyl (C=O) groups excluding carboxylic acids is 1. The number of halogens is 2. The highest BCUT2D eigenvalue weighted by molar-refractivity contribution is 9.10. The Bertz CT molecular complexity index is 426. The van der Waals surface area contributed by atoms with Gasteiger partial charge >= 0.3 is 0 Å². The van der Waals surface area contributed by atoms with Crippen LogP contribution >= 0.6 is 31.9 Å². The first-order valence-corrected chi connectivity index (χ1v) is 6.42. The van der Waals surface area contributed by atoms with Crippen LogP contribution in [-0.4, -0.2) is 10.1 Å². The van der Waals surface area contributed by atoms with E-state index in [1.54, 1.807) is 24.3 Å². The molecule has 0 saturated heterocycles. The van der Waals surface area contributed by atoms with Gasteiger partial charge in [0.2, 0.25) is 0 Å². The minimum absolute atomic E-state index is 0.0584. The fourth-order valence-electron chi connectivity index (χ4n) is 1.17. The van der Waals surface area contributed by atoms with Crippen LogP contribution in [0.25, 0.3) is 4.85 Å². The SMILES string of the molecule is [C-]#[N+]c1ccc(C(Br)C(=O)C(C)(C)Br)cc1. The van der Waals surface area contributed by atoms with Crippen molar-refractivity contribution in [2.75, 3.05) is 0 Å². The Labute approximate surface area is 112 Å². The van der Waals surface area contributed by atoms with Gasteiger partial charge in [-0.1, -0.05) is 56.1 Å². The number of carbonyl (C=O) groups is 1. The number of hydrogen-bond acceptors (Lipinski definition) is 1. The number of nitrogens with zero attached hydrogens (tertiary/aromatic N) is 1. The summed E-state index contributed by atoms with van der Waals surface area (Å²) in [5.74, 6) is 0.0584. The van der Waals surface area contributed by atoms with Crippen molar-refractivity contribution < 1.29 is 4.79 Å². The second kappa shape index (κ2) is 5.11. The van der Waals surface area contributed by atoms with Crippen molar-refractivity contribution in [2.45, 2.75) is 23.0 Å². The lowest BCUT2D eigenvalue weighted by atomic mass is 10.0. The van der Waals surface area contributed by atoms with E-state index in [2.05, 4.69) is 36.7 Å². The van der Waals surface area contributed by atoms with E-state index in [0.29, 0.717) is 5.69 Å². The molecule has 84 valence electrons. The Morgan fingerprint density at radius 2 is 1.88 bits per heavy atom. The van der Waals surface area contributed by atoms with Crippen molar-refractivity contribution in [3.63, 3.8) is 0 Å². The summed E-state index contributed by atoms with van der Waals surface area (Å²) >= 11 is 6.72. The molecule has 1 atom stereocenters. The lowest BCUT2D eigenvalue weighted by molar-refractivity contribution is -0.119. The molecular weight excluding hydrogens is 334 g/mol. The summed E-state index contributed by atoms with van der Waals surface area (Å²) in [5.41, 5.74) is 1.44. The van der Waals surface area contributed by atoms with Crippen LogP contribution in [0.5, 0.6) is 0 Å². The van der Waals surface area contributed by atoms with Crippen LogP contribution < -0.4 is 0 Å². The van der Waals surface area contributed by atoms with E-state index in [-0.39, 0.29) is 10.6 Å². The fraction of sp³-hybridized carbons (Fsp3) is 0.333. The monoisotopic (exact) mass is 343 g/mol. The summed E-state index contributed by atoms with van der Waals surface area (Å²) in [6, 6.07) is 7.02. The predicted octanol–water partition coefficient (Wildman–Crippen LogP) is 4.42. The largest absolute Gasteiger partial charge is 0.296 e. The minimum atomic E-state index is -0.556. The molecule has 1 aromatic carbocycles. The molecule has 1 rings (SSSR count). The maximum Gasteiger partial charge on any atom is 0.187 e.